The lowest BCUT2D eigenvalue weighted by Crippen LogP contribution is -2.04. The molecule has 0 saturated carbocycles. The van der Waals surface area contributed by atoms with Crippen LogP contribution in [0.5, 0.6) is 5.75 Å². The van der Waals surface area contributed by atoms with E-state index < -0.39 is 5.97 Å². The number of ether oxygens (including phenoxy) is 2. The molecule has 100 valence electrons. The maximum Gasteiger partial charge on any atom is 0.359 e. The quantitative estimate of drug-likeness (QED) is 0.846. The van der Waals surface area contributed by atoms with Gasteiger partial charge in [-0.1, -0.05) is 12.1 Å². The highest BCUT2D eigenvalue weighted by Gasteiger charge is 2.22. The third-order valence-electron chi connectivity index (χ3n) is 2.83. The number of aromatic nitrogens is 2. The van der Waals surface area contributed by atoms with Crippen LogP contribution in [0.15, 0.2) is 24.3 Å². The van der Waals surface area contributed by atoms with E-state index in [0.29, 0.717) is 17.1 Å². The van der Waals surface area contributed by atoms with Gasteiger partial charge in [-0.05, 0) is 17.7 Å². The summed E-state index contributed by atoms with van der Waals surface area (Å²) in [5, 5.41) is 4.09. The van der Waals surface area contributed by atoms with Crippen LogP contribution < -0.4 is 10.5 Å². The van der Waals surface area contributed by atoms with Gasteiger partial charge in [-0.3, -0.25) is 4.68 Å². The molecule has 0 amide bonds. The number of carbonyl (C=O) groups is 1. The first kappa shape index (κ1) is 12.9. The van der Waals surface area contributed by atoms with Gasteiger partial charge in [-0.2, -0.15) is 5.10 Å². The Morgan fingerprint density at radius 3 is 2.74 bits per heavy atom. The topological polar surface area (TPSA) is 79.4 Å². The van der Waals surface area contributed by atoms with Crippen LogP contribution >= 0.6 is 0 Å². The number of hydrogen-bond donors (Lipinski definition) is 1. The van der Waals surface area contributed by atoms with Crippen molar-refractivity contribution < 1.29 is 14.3 Å². The molecule has 1 aromatic carbocycles. The molecule has 2 aromatic rings. The Hall–Kier alpha value is -2.50. The average Bonchev–Trinajstić information content (AvgIpc) is 2.74. The number of rotatable bonds is 3. The van der Waals surface area contributed by atoms with Crippen molar-refractivity contribution in [2.75, 3.05) is 20.0 Å². The zero-order valence-electron chi connectivity index (χ0n) is 11.0. The number of nitrogens with zero attached hydrogens (tertiary/aromatic N) is 2. The van der Waals surface area contributed by atoms with Gasteiger partial charge < -0.3 is 15.2 Å². The minimum absolute atomic E-state index is 0.191. The van der Waals surface area contributed by atoms with E-state index in [9.17, 15) is 4.79 Å². The molecule has 0 aliphatic rings. The average molecular weight is 261 g/mol. The smallest absolute Gasteiger partial charge is 0.359 e. The molecule has 0 aliphatic carbocycles. The van der Waals surface area contributed by atoms with Gasteiger partial charge in [0.25, 0.3) is 0 Å². The summed E-state index contributed by atoms with van der Waals surface area (Å²) in [5.74, 6) is 0.551. The molecule has 0 bridgehead atoms. The largest absolute Gasteiger partial charge is 0.497 e. The Morgan fingerprint density at radius 2 is 2.11 bits per heavy atom. The molecule has 0 atom stereocenters. The first-order valence-corrected chi connectivity index (χ1v) is 5.63. The van der Waals surface area contributed by atoms with Crippen LogP contribution in [0, 0.1) is 0 Å². The van der Waals surface area contributed by atoms with Gasteiger partial charge in [0.1, 0.15) is 11.6 Å². The Labute approximate surface area is 110 Å². The molecule has 19 heavy (non-hydrogen) atoms. The van der Waals surface area contributed by atoms with Crippen molar-refractivity contribution in [1.29, 1.82) is 0 Å². The molecule has 6 nitrogen and oxygen atoms in total. The van der Waals surface area contributed by atoms with E-state index >= 15 is 0 Å². The van der Waals surface area contributed by atoms with E-state index in [1.807, 2.05) is 18.2 Å². The molecule has 1 aromatic heterocycles. The maximum absolute atomic E-state index is 11.7. The van der Waals surface area contributed by atoms with Crippen molar-refractivity contribution in [3.8, 4) is 16.9 Å². The van der Waals surface area contributed by atoms with Crippen LogP contribution in [-0.4, -0.2) is 30.0 Å². The third kappa shape index (κ3) is 2.24. The first-order chi connectivity index (χ1) is 9.08. The summed E-state index contributed by atoms with van der Waals surface area (Å²) in [7, 11) is 4.56. The Morgan fingerprint density at radius 1 is 1.37 bits per heavy atom. The number of methoxy groups -OCH3 is 2. The van der Waals surface area contributed by atoms with Gasteiger partial charge in [0.2, 0.25) is 0 Å². The number of aryl methyl sites for hydroxylation is 1. The summed E-state index contributed by atoms with van der Waals surface area (Å²) >= 11 is 0. The molecule has 0 fully saturated rings. The summed E-state index contributed by atoms with van der Waals surface area (Å²) in [6, 6.07) is 7.26. The molecule has 0 aliphatic heterocycles. The number of carbonyl (C=O) groups excluding carboxylic acids is 1. The van der Waals surface area contributed by atoms with E-state index in [0.717, 1.165) is 5.56 Å². The van der Waals surface area contributed by atoms with Crippen LogP contribution in [-0.2, 0) is 11.8 Å². The molecule has 0 radical (unpaired) electrons. The van der Waals surface area contributed by atoms with Crippen LogP contribution in [0.2, 0.25) is 0 Å². The summed E-state index contributed by atoms with van der Waals surface area (Å²) in [6.45, 7) is 0. The Kier molecular flexibility index (Phi) is 3.41. The summed E-state index contributed by atoms with van der Waals surface area (Å²) < 4.78 is 11.3. The van der Waals surface area contributed by atoms with Crippen molar-refractivity contribution in [1.82, 2.24) is 9.78 Å². The lowest BCUT2D eigenvalue weighted by atomic mass is 10.1. The van der Waals surface area contributed by atoms with Crippen LogP contribution in [0.3, 0.4) is 0 Å². The SMILES string of the molecule is COC(=O)c1nn(C)c(N)c1-c1cccc(OC)c1. The summed E-state index contributed by atoms with van der Waals surface area (Å²) in [4.78, 5) is 11.7. The number of esters is 1. The number of anilines is 1. The molecule has 2 rings (SSSR count). The third-order valence-corrected chi connectivity index (χ3v) is 2.83. The minimum atomic E-state index is -0.523. The van der Waals surface area contributed by atoms with Crippen LogP contribution in [0.1, 0.15) is 10.5 Å². The van der Waals surface area contributed by atoms with Crippen LogP contribution in [0.4, 0.5) is 5.82 Å². The lowest BCUT2D eigenvalue weighted by Gasteiger charge is -2.05. The lowest BCUT2D eigenvalue weighted by molar-refractivity contribution is 0.0594. The highest BCUT2D eigenvalue weighted by molar-refractivity contribution is 5.98. The van der Waals surface area contributed by atoms with E-state index in [2.05, 4.69) is 5.10 Å². The van der Waals surface area contributed by atoms with E-state index in [1.54, 1.807) is 20.2 Å². The van der Waals surface area contributed by atoms with Crippen molar-refractivity contribution in [2.24, 2.45) is 7.05 Å². The van der Waals surface area contributed by atoms with Crippen molar-refractivity contribution in [3.63, 3.8) is 0 Å². The molecule has 0 saturated heterocycles. The molecule has 2 N–H and O–H groups in total. The van der Waals surface area contributed by atoms with Crippen molar-refractivity contribution in [2.45, 2.75) is 0 Å². The standard InChI is InChI=1S/C13H15N3O3/c1-16-12(14)10(11(15-16)13(17)19-3)8-5-4-6-9(7-8)18-2/h4-7H,14H2,1-3H3. The van der Waals surface area contributed by atoms with E-state index in [4.69, 9.17) is 15.2 Å². The predicted octanol–water partition coefficient (Wildman–Crippen LogP) is 1.46. The molecular weight excluding hydrogens is 246 g/mol. The zero-order chi connectivity index (χ0) is 14.0. The van der Waals surface area contributed by atoms with Crippen LogP contribution in [0.25, 0.3) is 11.1 Å². The van der Waals surface area contributed by atoms with Gasteiger partial charge in [-0.15, -0.1) is 0 Å². The summed E-state index contributed by atoms with van der Waals surface area (Å²) in [5.41, 5.74) is 7.47. The zero-order valence-corrected chi connectivity index (χ0v) is 11.0. The molecule has 0 spiro atoms. The molecule has 0 unspecified atom stereocenters. The highest BCUT2D eigenvalue weighted by Crippen LogP contribution is 2.31. The van der Waals surface area contributed by atoms with Gasteiger partial charge in [0.05, 0.1) is 19.8 Å². The van der Waals surface area contributed by atoms with E-state index in [-0.39, 0.29) is 5.69 Å². The normalized spacial score (nSPS) is 10.3. The Bertz CT molecular complexity index is 620. The van der Waals surface area contributed by atoms with Gasteiger partial charge >= 0.3 is 5.97 Å². The van der Waals surface area contributed by atoms with Crippen molar-refractivity contribution >= 4 is 11.8 Å². The molecule has 1 heterocycles. The number of benzene rings is 1. The number of nitrogens with two attached hydrogens (primary N) is 1. The highest BCUT2D eigenvalue weighted by atomic mass is 16.5. The monoisotopic (exact) mass is 261 g/mol. The minimum Gasteiger partial charge on any atom is -0.497 e. The molecule has 6 heteroatoms. The second kappa shape index (κ2) is 5.01. The van der Waals surface area contributed by atoms with Crippen molar-refractivity contribution in [3.05, 3.63) is 30.0 Å². The van der Waals surface area contributed by atoms with E-state index in [1.165, 1.54) is 11.8 Å². The fraction of sp³-hybridized carbons (Fsp3) is 0.231. The predicted molar refractivity (Wildman–Crippen MR) is 70.9 cm³/mol. The second-order valence-electron chi connectivity index (χ2n) is 3.96. The maximum atomic E-state index is 11.7. The summed E-state index contributed by atoms with van der Waals surface area (Å²) in [6.07, 6.45) is 0. The molecular formula is C13H15N3O3. The first-order valence-electron chi connectivity index (χ1n) is 5.63. The van der Waals surface area contributed by atoms with Gasteiger partial charge in [0.15, 0.2) is 5.69 Å². The number of hydrogen-bond acceptors (Lipinski definition) is 5. The van der Waals surface area contributed by atoms with Gasteiger partial charge in [0, 0.05) is 7.05 Å². The Balaban J connectivity index is 2.63. The van der Waals surface area contributed by atoms with Gasteiger partial charge in [-0.25, -0.2) is 4.79 Å². The fourth-order valence-corrected chi connectivity index (χ4v) is 1.84. The fourth-order valence-electron chi connectivity index (χ4n) is 1.84. The second-order valence-corrected chi connectivity index (χ2v) is 3.96. The number of nitrogen functional groups attached to an aromatic ring is 1.